The Morgan fingerprint density at radius 2 is 1.90 bits per heavy atom. The predicted molar refractivity (Wildman–Crippen MR) is 116 cm³/mol. The molecule has 0 aliphatic heterocycles. The summed E-state index contributed by atoms with van der Waals surface area (Å²) in [7, 11) is 1.52. The number of hydrogen-bond donors (Lipinski definition) is 1. The summed E-state index contributed by atoms with van der Waals surface area (Å²) in [4.78, 5) is 30.0. The molecule has 156 valence electrons. The van der Waals surface area contributed by atoms with E-state index in [0.29, 0.717) is 17.1 Å². The van der Waals surface area contributed by atoms with Crippen molar-refractivity contribution < 1.29 is 19.1 Å². The highest BCUT2D eigenvalue weighted by Gasteiger charge is 2.23. The molecule has 8 heteroatoms. The van der Waals surface area contributed by atoms with E-state index in [1.165, 1.54) is 18.0 Å². The minimum absolute atomic E-state index is 0.132. The van der Waals surface area contributed by atoms with E-state index in [2.05, 4.69) is 15.4 Å². The monoisotopic (exact) mass is 416 g/mol. The fourth-order valence-corrected chi connectivity index (χ4v) is 3.12. The average molecular weight is 416 g/mol. The van der Waals surface area contributed by atoms with Crippen LogP contribution in [0.5, 0.6) is 5.75 Å². The topological polar surface area (TPSA) is 95.3 Å². The van der Waals surface area contributed by atoms with Crippen LogP contribution in [0.3, 0.4) is 0 Å². The molecular formula is C23H20N4O4. The van der Waals surface area contributed by atoms with Gasteiger partial charge >= 0.3 is 5.97 Å². The first-order valence-electron chi connectivity index (χ1n) is 9.67. The van der Waals surface area contributed by atoms with Gasteiger partial charge in [-0.1, -0.05) is 24.3 Å². The Balaban J connectivity index is 1.77. The van der Waals surface area contributed by atoms with Crippen LogP contribution < -0.4 is 10.1 Å². The highest BCUT2D eigenvalue weighted by atomic mass is 16.5. The Hall–Kier alpha value is -4.20. The molecule has 8 nitrogen and oxygen atoms in total. The molecule has 0 bridgehead atoms. The summed E-state index contributed by atoms with van der Waals surface area (Å²) in [5.41, 5.74) is 1.26. The van der Waals surface area contributed by atoms with Gasteiger partial charge in [-0.25, -0.2) is 9.78 Å². The SMILES string of the molecule is CCOC(=O)c1cnn(-c2ccc3ccccc3n2)c1NC(=O)c1cccc(OC)c1. The highest BCUT2D eigenvalue weighted by molar-refractivity contribution is 6.07. The minimum Gasteiger partial charge on any atom is -0.497 e. The number of fused-ring (bicyclic) bond motifs is 1. The minimum atomic E-state index is -0.588. The van der Waals surface area contributed by atoms with Gasteiger partial charge in [-0.2, -0.15) is 9.78 Å². The number of hydrogen-bond acceptors (Lipinski definition) is 6. The molecule has 0 fully saturated rings. The molecule has 31 heavy (non-hydrogen) atoms. The summed E-state index contributed by atoms with van der Waals surface area (Å²) < 4.78 is 11.7. The number of nitrogens with zero attached hydrogens (tertiary/aromatic N) is 3. The van der Waals surface area contributed by atoms with Gasteiger partial charge in [-0.05, 0) is 43.3 Å². The number of aromatic nitrogens is 3. The zero-order chi connectivity index (χ0) is 21.8. The lowest BCUT2D eigenvalue weighted by molar-refractivity contribution is 0.0527. The normalized spacial score (nSPS) is 10.6. The van der Waals surface area contributed by atoms with Crippen molar-refractivity contribution in [3.8, 4) is 11.6 Å². The zero-order valence-electron chi connectivity index (χ0n) is 17.0. The van der Waals surface area contributed by atoms with Gasteiger partial charge in [0.15, 0.2) is 11.6 Å². The zero-order valence-corrected chi connectivity index (χ0v) is 17.0. The molecule has 4 aromatic rings. The largest absolute Gasteiger partial charge is 0.497 e. The van der Waals surface area contributed by atoms with E-state index in [1.54, 1.807) is 37.3 Å². The van der Waals surface area contributed by atoms with E-state index in [9.17, 15) is 9.59 Å². The lowest BCUT2D eigenvalue weighted by Gasteiger charge is -2.11. The second kappa shape index (κ2) is 8.66. The fourth-order valence-electron chi connectivity index (χ4n) is 3.12. The molecule has 0 aliphatic carbocycles. The number of methoxy groups -OCH3 is 1. The summed E-state index contributed by atoms with van der Waals surface area (Å²) in [6.07, 6.45) is 1.36. The molecule has 0 radical (unpaired) electrons. The van der Waals surface area contributed by atoms with E-state index in [1.807, 2.05) is 30.3 Å². The molecule has 0 aliphatic rings. The maximum Gasteiger partial charge on any atom is 0.343 e. The molecule has 2 aromatic heterocycles. The maximum absolute atomic E-state index is 12.9. The van der Waals surface area contributed by atoms with Crippen molar-refractivity contribution in [1.29, 1.82) is 0 Å². The quantitative estimate of drug-likeness (QED) is 0.480. The Kier molecular flexibility index (Phi) is 5.61. The summed E-state index contributed by atoms with van der Waals surface area (Å²) in [6, 6.07) is 18.0. The number of nitrogens with one attached hydrogen (secondary N) is 1. The van der Waals surface area contributed by atoms with Gasteiger partial charge in [0, 0.05) is 10.9 Å². The van der Waals surface area contributed by atoms with Crippen LogP contribution in [0.15, 0.2) is 66.9 Å². The van der Waals surface area contributed by atoms with Crippen LogP contribution in [0.1, 0.15) is 27.6 Å². The molecule has 1 N–H and O–H groups in total. The molecule has 0 atom stereocenters. The van der Waals surface area contributed by atoms with Crippen molar-refractivity contribution in [2.75, 3.05) is 19.0 Å². The van der Waals surface area contributed by atoms with Gasteiger partial charge in [-0.3, -0.25) is 4.79 Å². The van der Waals surface area contributed by atoms with E-state index >= 15 is 0 Å². The molecule has 0 spiro atoms. The number of rotatable bonds is 6. The summed E-state index contributed by atoms with van der Waals surface area (Å²) >= 11 is 0. The Morgan fingerprint density at radius 3 is 2.71 bits per heavy atom. The molecule has 0 saturated carbocycles. The molecule has 0 saturated heterocycles. The van der Waals surface area contributed by atoms with Gasteiger partial charge in [0.2, 0.25) is 0 Å². The van der Waals surface area contributed by atoms with Gasteiger partial charge in [0.05, 0.1) is 25.4 Å². The fraction of sp³-hybridized carbons (Fsp3) is 0.130. The number of benzene rings is 2. The summed E-state index contributed by atoms with van der Waals surface area (Å²) in [6.45, 7) is 1.91. The number of carbonyl (C=O) groups is 2. The standard InChI is InChI=1S/C23H20N4O4/c1-3-31-23(29)18-14-24-27(20-12-11-15-7-4-5-10-19(15)25-20)21(18)26-22(28)16-8-6-9-17(13-16)30-2/h4-14H,3H2,1-2H3,(H,26,28). The maximum atomic E-state index is 12.9. The van der Waals surface area contributed by atoms with Crippen LogP contribution in [0, 0.1) is 0 Å². The third-order valence-corrected chi connectivity index (χ3v) is 4.63. The van der Waals surface area contributed by atoms with Crippen LogP contribution >= 0.6 is 0 Å². The lowest BCUT2D eigenvalue weighted by atomic mass is 10.2. The highest BCUT2D eigenvalue weighted by Crippen LogP contribution is 2.23. The van der Waals surface area contributed by atoms with Crippen molar-refractivity contribution >= 4 is 28.6 Å². The number of esters is 1. The van der Waals surface area contributed by atoms with Gasteiger partial charge < -0.3 is 14.8 Å². The number of amides is 1. The van der Waals surface area contributed by atoms with Crippen LogP contribution in [-0.4, -0.2) is 40.4 Å². The average Bonchev–Trinajstić information content (AvgIpc) is 3.22. The van der Waals surface area contributed by atoms with Crippen LogP contribution in [0.4, 0.5) is 5.82 Å². The number of anilines is 1. The molecule has 0 unspecified atom stereocenters. The lowest BCUT2D eigenvalue weighted by Crippen LogP contribution is -2.18. The van der Waals surface area contributed by atoms with Gasteiger partial charge in [0.25, 0.3) is 5.91 Å². The smallest absolute Gasteiger partial charge is 0.343 e. The first kappa shape index (κ1) is 20.1. The van der Waals surface area contributed by atoms with Crippen molar-refractivity contribution in [2.45, 2.75) is 6.92 Å². The van der Waals surface area contributed by atoms with E-state index in [0.717, 1.165) is 10.9 Å². The van der Waals surface area contributed by atoms with E-state index in [4.69, 9.17) is 9.47 Å². The predicted octanol–water partition coefficient (Wildman–Crippen LogP) is 3.86. The number of pyridine rings is 1. The molecular weight excluding hydrogens is 396 g/mol. The number of ether oxygens (including phenoxy) is 2. The van der Waals surface area contributed by atoms with Crippen molar-refractivity contribution in [3.05, 3.63) is 78.0 Å². The third-order valence-electron chi connectivity index (χ3n) is 4.63. The van der Waals surface area contributed by atoms with Gasteiger partial charge in [-0.15, -0.1) is 0 Å². The Bertz CT molecular complexity index is 1270. The van der Waals surface area contributed by atoms with E-state index < -0.39 is 11.9 Å². The Labute approximate surface area is 178 Å². The van der Waals surface area contributed by atoms with E-state index in [-0.39, 0.29) is 18.0 Å². The summed E-state index contributed by atoms with van der Waals surface area (Å²) in [5, 5.41) is 8.03. The van der Waals surface area contributed by atoms with Crippen LogP contribution in [0.2, 0.25) is 0 Å². The molecule has 1 amide bonds. The molecule has 2 aromatic carbocycles. The second-order valence-corrected chi connectivity index (χ2v) is 6.59. The number of para-hydroxylation sites is 1. The third kappa shape index (κ3) is 4.09. The van der Waals surface area contributed by atoms with Crippen LogP contribution in [0.25, 0.3) is 16.7 Å². The first-order chi connectivity index (χ1) is 15.1. The van der Waals surface area contributed by atoms with Crippen LogP contribution in [-0.2, 0) is 4.74 Å². The van der Waals surface area contributed by atoms with Gasteiger partial charge in [0.1, 0.15) is 11.3 Å². The molecule has 4 rings (SSSR count). The Morgan fingerprint density at radius 1 is 1.06 bits per heavy atom. The second-order valence-electron chi connectivity index (χ2n) is 6.59. The van der Waals surface area contributed by atoms with Crippen molar-refractivity contribution in [3.63, 3.8) is 0 Å². The first-order valence-corrected chi connectivity index (χ1v) is 9.67. The van der Waals surface area contributed by atoms with Crippen molar-refractivity contribution in [2.24, 2.45) is 0 Å². The number of carbonyl (C=O) groups excluding carboxylic acids is 2. The van der Waals surface area contributed by atoms with Crippen molar-refractivity contribution in [1.82, 2.24) is 14.8 Å². The molecule has 2 heterocycles. The summed E-state index contributed by atoms with van der Waals surface area (Å²) in [5.74, 6) is 0.162.